The molecule has 0 aliphatic heterocycles. The summed E-state index contributed by atoms with van der Waals surface area (Å²) in [7, 11) is -3.62. The van der Waals surface area contributed by atoms with E-state index in [1.165, 1.54) is 12.1 Å². The highest BCUT2D eigenvalue weighted by atomic mass is 79.9. The van der Waals surface area contributed by atoms with Gasteiger partial charge >= 0.3 is 0 Å². The normalized spacial score (nSPS) is 11.2. The van der Waals surface area contributed by atoms with Gasteiger partial charge in [0.15, 0.2) is 0 Å². The number of sulfonamides is 1. The van der Waals surface area contributed by atoms with E-state index >= 15 is 0 Å². The van der Waals surface area contributed by atoms with Crippen LogP contribution in [-0.4, -0.2) is 34.0 Å². The van der Waals surface area contributed by atoms with Gasteiger partial charge in [-0.15, -0.1) is 0 Å². The maximum atomic E-state index is 12.1. The lowest BCUT2D eigenvalue weighted by Gasteiger charge is -2.09. The van der Waals surface area contributed by atoms with Gasteiger partial charge in [0.25, 0.3) is 0 Å². The molecule has 9 heteroatoms. The first-order valence-electron chi connectivity index (χ1n) is 7.77. The highest BCUT2D eigenvalue weighted by Crippen LogP contribution is 2.15. The monoisotopic (exact) mass is 460 g/mol. The van der Waals surface area contributed by atoms with Crippen LogP contribution in [0.1, 0.15) is 6.42 Å². The van der Waals surface area contributed by atoms with Gasteiger partial charge < -0.3 is 10.1 Å². The summed E-state index contributed by atoms with van der Waals surface area (Å²) in [6, 6.07) is 13.2. The number of nitrogens with one attached hydrogen (secondary N) is 2. The number of hydrogen-bond donors (Lipinski definition) is 2. The van der Waals surface area contributed by atoms with Gasteiger partial charge in [0.05, 0.1) is 11.4 Å². The Bertz CT molecular complexity index is 827. The predicted molar refractivity (Wildman–Crippen MR) is 104 cm³/mol. The summed E-state index contributed by atoms with van der Waals surface area (Å²) >= 11 is 9.03. The Morgan fingerprint density at radius 2 is 1.69 bits per heavy atom. The highest BCUT2D eigenvalue weighted by Gasteiger charge is 2.13. The van der Waals surface area contributed by atoms with Crippen molar-refractivity contribution < 1.29 is 17.9 Å². The Hall–Kier alpha value is -1.61. The number of benzene rings is 2. The predicted octanol–water partition coefficient (Wildman–Crippen LogP) is 2.97. The molecule has 2 rings (SSSR count). The minimum absolute atomic E-state index is 0.0161. The Labute approximate surface area is 166 Å². The molecule has 0 atom stereocenters. The van der Waals surface area contributed by atoms with Gasteiger partial charge in [0, 0.05) is 22.5 Å². The van der Waals surface area contributed by atoms with Gasteiger partial charge in [0.1, 0.15) is 12.4 Å². The van der Waals surface area contributed by atoms with E-state index in [2.05, 4.69) is 26.0 Å². The zero-order valence-corrected chi connectivity index (χ0v) is 16.9. The number of amides is 1. The molecule has 0 aliphatic rings. The largest absolute Gasteiger partial charge is 0.492 e. The van der Waals surface area contributed by atoms with Crippen LogP contribution < -0.4 is 14.8 Å². The molecule has 0 unspecified atom stereocenters. The van der Waals surface area contributed by atoms with E-state index in [-0.39, 0.29) is 23.8 Å². The molecule has 0 aliphatic carbocycles. The van der Waals surface area contributed by atoms with Crippen LogP contribution in [0.5, 0.6) is 5.75 Å². The standard InChI is InChI=1S/C17H18BrClN2O4S/c18-13-1-7-16(8-2-13)26(23,24)21-10-9-17(22)20-11-12-25-15-5-3-14(19)4-6-15/h1-8,21H,9-12H2,(H,20,22). The first kappa shape index (κ1) is 20.7. The van der Waals surface area contributed by atoms with Crippen molar-refractivity contribution in [1.82, 2.24) is 10.0 Å². The van der Waals surface area contributed by atoms with Crippen molar-refractivity contribution in [3.05, 3.63) is 58.0 Å². The molecule has 0 aromatic heterocycles. The molecule has 140 valence electrons. The summed E-state index contributed by atoms with van der Waals surface area (Å²) in [5.41, 5.74) is 0. The highest BCUT2D eigenvalue weighted by molar-refractivity contribution is 9.10. The first-order valence-corrected chi connectivity index (χ1v) is 10.4. The number of ether oxygens (including phenoxy) is 1. The first-order chi connectivity index (χ1) is 12.4. The van der Waals surface area contributed by atoms with E-state index in [0.717, 1.165) is 4.47 Å². The van der Waals surface area contributed by atoms with Crippen LogP contribution in [0.15, 0.2) is 57.9 Å². The molecule has 0 radical (unpaired) electrons. The van der Waals surface area contributed by atoms with Crippen molar-refractivity contribution in [2.24, 2.45) is 0 Å². The molecule has 2 aromatic carbocycles. The van der Waals surface area contributed by atoms with E-state index in [0.29, 0.717) is 23.9 Å². The van der Waals surface area contributed by atoms with Gasteiger partial charge in [-0.2, -0.15) is 0 Å². The number of carbonyl (C=O) groups excluding carboxylic acids is 1. The second-order valence-electron chi connectivity index (χ2n) is 5.25. The van der Waals surface area contributed by atoms with Gasteiger partial charge in [0.2, 0.25) is 15.9 Å². The lowest BCUT2D eigenvalue weighted by atomic mass is 10.3. The van der Waals surface area contributed by atoms with Gasteiger partial charge in [-0.05, 0) is 48.5 Å². The third kappa shape index (κ3) is 6.95. The van der Waals surface area contributed by atoms with Crippen LogP contribution in [-0.2, 0) is 14.8 Å². The number of carbonyl (C=O) groups is 1. The van der Waals surface area contributed by atoms with Crippen LogP contribution in [0.3, 0.4) is 0 Å². The van der Waals surface area contributed by atoms with Crippen LogP contribution in [0.25, 0.3) is 0 Å². The van der Waals surface area contributed by atoms with Crippen LogP contribution in [0.2, 0.25) is 5.02 Å². The van der Waals surface area contributed by atoms with E-state index in [9.17, 15) is 13.2 Å². The van der Waals surface area contributed by atoms with Gasteiger partial charge in [-0.1, -0.05) is 27.5 Å². The molecule has 0 saturated heterocycles. The Morgan fingerprint density at radius 3 is 2.35 bits per heavy atom. The summed E-state index contributed by atoms with van der Waals surface area (Å²) in [4.78, 5) is 11.9. The van der Waals surface area contributed by atoms with Crippen molar-refractivity contribution in [2.75, 3.05) is 19.7 Å². The maximum Gasteiger partial charge on any atom is 0.240 e. The molecule has 2 aromatic rings. The van der Waals surface area contributed by atoms with Gasteiger partial charge in [-0.25, -0.2) is 13.1 Å². The molecule has 26 heavy (non-hydrogen) atoms. The van der Waals surface area contributed by atoms with Crippen LogP contribution >= 0.6 is 27.5 Å². The second-order valence-corrected chi connectivity index (χ2v) is 8.37. The molecule has 0 saturated carbocycles. The average molecular weight is 462 g/mol. The fourth-order valence-corrected chi connectivity index (χ4v) is 3.40. The molecule has 0 spiro atoms. The molecular formula is C17H18BrClN2O4S. The van der Waals surface area contributed by atoms with E-state index in [1.807, 2.05) is 0 Å². The zero-order valence-electron chi connectivity index (χ0n) is 13.7. The smallest absolute Gasteiger partial charge is 0.240 e. The average Bonchev–Trinajstić information content (AvgIpc) is 2.60. The Balaban J connectivity index is 1.65. The fourth-order valence-electron chi connectivity index (χ4n) is 1.97. The van der Waals surface area contributed by atoms with E-state index < -0.39 is 10.0 Å². The molecule has 2 N–H and O–H groups in total. The third-order valence-corrected chi connectivity index (χ3v) is 5.53. The SMILES string of the molecule is O=C(CCNS(=O)(=O)c1ccc(Br)cc1)NCCOc1ccc(Cl)cc1. The summed E-state index contributed by atoms with van der Waals surface area (Å²) < 4.78 is 32.8. The molecule has 6 nitrogen and oxygen atoms in total. The number of halogens is 2. The summed E-state index contributed by atoms with van der Waals surface area (Å²) in [5, 5.41) is 3.29. The topological polar surface area (TPSA) is 84.5 Å². The van der Waals surface area contributed by atoms with Gasteiger partial charge in [-0.3, -0.25) is 4.79 Å². The molecule has 0 fully saturated rings. The van der Waals surface area contributed by atoms with Crippen LogP contribution in [0, 0.1) is 0 Å². The van der Waals surface area contributed by atoms with E-state index in [1.54, 1.807) is 36.4 Å². The fraction of sp³-hybridized carbons (Fsp3) is 0.235. The summed E-state index contributed by atoms with van der Waals surface area (Å²) in [5.74, 6) is 0.397. The minimum Gasteiger partial charge on any atom is -0.492 e. The summed E-state index contributed by atoms with van der Waals surface area (Å²) in [6.07, 6.45) is 0.0384. The van der Waals surface area contributed by atoms with Crippen molar-refractivity contribution in [2.45, 2.75) is 11.3 Å². The molecular weight excluding hydrogens is 444 g/mol. The molecule has 0 heterocycles. The van der Waals surface area contributed by atoms with Crippen molar-refractivity contribution in [3.8, 4) is 5.75 Å². The quantitative estimate of drug-likeness (QED) is 0.562. The third-order valence-electron chi connectivity index (χ3n) is 3.27. The lowest BCUT2D eigenvalue weighted by Crippen LogP contribution is -2.32. The minimum atomic E-state index is -3.62. The van der Waals surface area contributed by atoms with Crippen LogP contribution in [0.4, 0.5) is 0 Å². The van der Waals surface area contributed by atoms with Crippen molar-refractivity contribution in [1.29, 1.82) is 0 Å². The molecule has 1 amide bonds. The molecule has 0 bridgehead atoms. The zero-order chi connectivity index (χ0) is 19.0. The lowest BCUT2D eigenvalue weighted by molar-refractivity contribution is -0.121. The van der Waals surface area contributed by atoms with Crippen molar-refractivity contribution in [3.63, 3.8) is 0 Å². The second kappa shape index (κ2) is 9.91. The number of hydrogen-bond acceptors (Lipinski definition) is 4. The summed E-state index contributed by atoms with van der Waals surface area (Å²) in [6.45, 7) is 0.640. The van der Waals surface area contributed by atoms with Crippen molar-refractivity contribution >= 4 is 43.5 Å². The maximum absolute atomic E-state index is 12.1. The Kier molecular flexibility index (Phi) is 7.89. The van der Waals surface area contributed by atoms with E-state index in [4.69, 9.17) is 16.3 Å². The Morgan fingerprint density at radius 1 is 1.04 bits per heavy atom. The number of rotatable bonds is 9.